The molecule has 0 spiro atoms. The normalized spacial score (nSPS) is 14.6. The molecule has 1 aliphatic heterocycles. The van der Waals surface area contributed by atoms with Gasteiger partial charge in [0.15, 0.2) is 11.6 Å². The zero-order valence-electron chi connectivity index (χ0n) is 19.6. The number of fused-ring (bicyclic) bond motifs is 3. The number of ketones is 1. The van der Waals surface area contributed by atoms with Crippen molar-refractivity contribution in [3.05, 3.63) is 101 Å². The first kappa shape index (κ1) is 21.4. The zero-order valence-corrected chi connectivity index (χ0v) is 19.6. The van der Waals surface area contributed by atoms with E-state index in [4.69, 9.17) is 4.98 Å². The molecule has 7 heteroatoms. The van der Waals surface area contributed by atoms with E-state index < -0.39 is 0 Å². The van der Waals surface area contributed by atoms with E-state index in [0.717, 1.165) is 61.0 Å². The first-order chi connectivity index (χ1) is 17.2. The highest BCUT2D eigenvalue weighted by atomic mass is 16.1. The number of carbonyl (C=O) groups is 1. The lowest BCUT2D eigenvalue weighted by atomic mass is 10.0. The van der Waals surface area contributed by atoms with Crippen molar-refractivity contribution in [1.82, 2.24) is 24.5 Å². The molecule has 0 radical (unpaired) electrons. The summed E-state index contributed by atoms with van der Waals surface area (Å²) in [5, 5.41) is 8.83. The van der Waals surface area contributed by atoms with Gasteiger partial charge in [0.05, 0.1) is 11.0 Å². The molecule has 3 aromatic carbocycles. The number of nitrogens with zero attached hydrogens (tertiary/aromatic N) is 6. The van der Waals surface area contributed by atoms with Gasteiger partial charge in [-0.15, -0.1) is 10.2 Å². The van der Waals surface area contributed by atoms with Gasteiger partial charge in [-0.25, -0.2) is 4.98 Å². The number of carbonyl (C=O) groups excluding carboxylic acids is 1. The molecule has 0 unspecified atom stereocenters. The second-order valence-electron chi connectivity index (χ2n) is 8.99. The van der Waals surface area contributed by atoms with Crippen LogP contribution in [0.3, 0.4) is 0 Å². The number of piperazine rings is 1. The van der Waals surface area contributed by atoms with Crippen molar-refractivity contribution in [3.63, 3.8) is 0 Å². The average Bonchev–Trinajstić information content (AvgIpc) is 3.31. The molecule has 7 nitrogen and oxygen atoms in total. The van der Waals surface area contributed by atoms with Gasteiger partial charge in [-0.2, -0.15) is 0 Å². The highest BCUT2D eigenvalue weighted by molar-refractivity contribution is 6.10. The van der Waals surface area contributed by atoms with Gasteiger partial charge in [-0.3, -0.25) is 14.1 Å². The van der Waals surface area contributed by atoms with Crippen LogP contribution in [0.15, 0.2) is 78.9 Å². The maximum Gasteiger partial charge on any atom is 0.204 e. The van der Waals surface area contributed by atoms with E-state index in [2.05, 4.69) is 50.3 Å². The fraction of sp³-hybridized carbons (Fsp3) is 0.214. The van der Waals surface area contributed by atoms with Crippen molar-refractivity contribution in [3.8, 4) is 0 Å². The highest BCUT2D eigenvalue weighted by Gasteiger charge is 2.23. The Labute approximate surface area is 203 Å². The molecular formula is C28H26N6O. The van der Waals surface area contributed by atoms with Gasteiger partial charge in [0, 0.05) is 43.9 Å². The Balaban J connectivity index is 1.32. The monoisotopic (exact) mass is 462 g/mol. The zero-order chi connectivity index (χ0) is 23.8. The first-order valence-corrected chi connectivity index (χ1v) is 11.9. The molecule has 1 fully saturated rings. The predicted molar refractivity (Wildman–Crippen MR) is 137 cm³/mol. The molecule has 0 saturated carbocycles. The van der Waals surface area contributed by atoms with Crippen LogP contribution in [0.2, 0.25) is 0 Å². The molecule has 6 rings (SSSR count). The molecular weight excluding hydrogens is 436 g/mol. The summed E-state index contributed by atoms with van der Waals surface area (Å²) in [7, 11) is 0. The van der Waals surface area contributed by atoms with Crippen molar-refractivity contribution in [2.75, 3.05) is 31.1 Å². The Bertz CT molecular complexity index is 1500. The van der Waals surface area contributed by atoms with E-state index in [-0.39, 0.29) is 5.78 Å². The summed E-state index contributed by atoms with van der Waals surface area (Å²) in [6.07, 6.45) is 0. The number of aromatic nitrogens is 4. The van der Waals surface area contributed by atoms with Gasteiger partial charge in [0.2, 0.25) is 5.65 Å². The molecule has 174 valence electrons. The minimum atomic E-state index is -0.00927. The van der Waals surface area contributed by atoms with E-state index in [1.807, 2.05) is 59.9 Å². The van der Waals surface area contributed by atoms with Crippen LogP contribution in [0.1, 0.15) is 27.3 Å². The fourth-order valence-electron chi connectivity index (χ4n) is 4.83. The molecule has 1 aliphatic rings. The van der Waals surface area contributed by atoms with E-state index >= 15 is 0 Å². The smallest absolute Gasteiger partial charge is 0.204 e. The lowest BCUT2D eigenvalue weighted by molar-refractivity contribution is 0.103. The van der Waals surface area contributed by atoms with Gasteiger partial charge in [0.25, 0.3) is 0 Å². The fourth-order valence-corrected chi connectivity index (χ4v) is 4.83. The van der Waals surface area contributed by atoms with Gasteiger partial charge in [-0.1, -0.05) is 60.7 Å². The topological polar surface area (TPSA) is 66.6 Å². The molecule has 0 bridgehead atoms. The Morgan fingerprint density at radius 2 is 1.54 bits per heavy atom. The molecule has 3 heterocycles. The third kappa shape index (κ3) is 4.04. The number of hydrogen-bond donors (Lipinski definition) is 0. The number of aryl methyl sites for hydroxylation is 1. The van der Waals surface area contributed by atoms with Crippen LogP contribution >= 0.6 is 0 Å². The van der Waals surface area contributed by atoms with Gasteiger partial charge in [-0.05, 0) is 30.7 Å². The maximum absolute atomic E-state index is 13.1. The second kappa shape index (κ2) is 8.92. The van der Waals surface area contributed by atoms with E-state index in [1.165, 1.54) is 5.56 Å². The van der Waals surface area contributed by atoms with Crippen LogP contribution in [0, 0.1) is 6.92 Å². The van der Waals surface area contributed by atoms with Crippen LogP contribution in [-0.2, 0) is 6.54 Å². The average molecular weight is 463 g/mol. The molecule has 0 N–H and O–H groups in total. The van der Waals surface area contributed by atoms with Crippen molar-refractivity contribution in [2.45, 2.75) is 13.5 Å². The Kier molecular flexibility index (Phi) is 5.47. The minimum absolute atomic E-state index is 0.00927. The third-order valence-corrected chi connectivity index (χ3v) is 6.69. The van der Waals surface area contributed by atoms with Crippen molar-refractivity contribution in [1.29, 1.82) is 0 Å². The Morgan fingerprint density at radius 1 is 0.829 bits per heavy atom. The number of hydrogen-bond acceptors (Lipinski definition) is 6. The Morgan fingerprint density at radius 3 is 2.29 bits per heavy atom. The summed E-state index contributed by atoms with van der Waals surface area (Å²) >= 11 is 0. The third-order valence-electron chi connectivity index (χ3n) is 6.69. The molecule has 0 amide bonds. The van der Waals surface area contributed by atoms with Crippen molar-refractivity contribution < 1.29 is 4.79 Å². The van der Waals surface area contributed by atoms with E-state index in [9.17, 15) is 4.79 Å². The van der Waals surface area contributed by atoms with E-state index in [0.29, 0.717) is 11.1 Å². The first-order valence-electron chi connectivity index (χ1n) is 11.9. The van der Waals surface area contributed by atoms with Gasteiger partial charge in [0.1, 0.15) is 5.82 Å². The number of benzene rings is 3. The van der Waals surface area contributed by atoms with Gasteiger partial charge >= 0.3 is 0 Å². The lowest BCUT2D eigenvalue weighted by Gasteiger charge is -2.35. The molecule has 1 saturated heterocycles. The summed E-state index contributed by atoms with van der Waals surface area (Å²) in [4.78, 5) is 22.8. The minimum Gasteiger partial charge on any atom is -0.351 e. The predicted octanol–water partition coefficient (Wildman–Crippen LogP) is 4.14. The number of anilines is 1. The second-order valence-corrected chi connectivity index (χ2v) is 8.99. The quantitative estimate of drug-likeness (QED) is 0.366. The summed E-state index contributed by atoms with van der Waals surface area (Å²) < 4.78 is 2.02. The standard InChI is InChI=1S/C28H26N6O/c1-20-30-31-28-27(33-16-14-32(15-17-33)19-21-8-4-2-5-9-21)29-24-13-12-23(18-25(24)34(20)28)26(35)22-10-6-3-7-11-22/h2-13,18H,14-17,19H2,1H3. The largest absolute Gasteiger partial charge is 0.351 e. The highest BCUT2D eigenvalue weighted by Crippen LogP contribution is 2.27. The number of rotatable bonds is 5. The maximum atomic E-state index is 13.1. The van der Waals surface area contributed by atoms with Crippen LogP contribution in [0.5, 0.6) is 0 Å². The summed E-state index contributed by atoms with van der Waals surface area (Å²) in [5.74, 6) is 1.62. The van der Waals surface area contributed by atoms with Crippen molar-refractivity contribution in [2.24, 2.45) is 0 Å². The summed E-state index contributed by atoms with van der Waals surface area (Å²) in [6.45, 7) is 6.55. The summed E-state index contributed by atoms with van der Waals surface area (Å²) in [5.41, 5.74) is 5.03. The van der Waals surface area contributed by atoms with E-state index in [1.54, 1.807) is 0 Å². The summed E-state index contributed by atoms with van der Waals surface area (Å²) in [6, 6.07) is 25.6. The van der Waals surface area contributed by atoms with Gasteiger partial charge < -0.3 is 4.90 Å². The van der Waals surface area contributed by atoms with Crippen LogP contribution < -0.4 is 4.90 Å². The SMILES string of the molecule is Cc1nnc2c(N3CCN(Cc4ccccc4)CC3)nc3ccc(C(=O)c4ccccc4)cc3n12. The van der Waals surface area contributed by atoms with Crippen LogP contribution in [-0.4, -0.2) is 56.4 Å². The molecule has 35 heavy (non-hydrogen) atoms. The van der Waals surface area contributed by atoms with Crippen LogP contribution in [0.25, 0.3) is 16.7 Å². The van der Waals surface area contributed by atoms with Crippen molar-refractivity contribution >= 4 is 28.3 Å². The van der Waals surface area contributed by atoms with Crippen LogP contribution in [0.4, 0.5) is 5.82 Å². The molecule has 5 aromatic rings. The molecule has 0 atom stereocenters. The lowest BCUT2D eigenvalue weighted by Crippen LogP contribution is -2.46. The Hall–Kier alpha value is -4.10. The molecule has 2 aromatic heterocycles. The molecule has 0 aliphatic carbocycles.